The molecule has 2 unspecified atom stereocenters. The fourth-order valence-electron chi connectivity index (χ4n) is 3.38. The summed E-state index contributed by atoms with van der Waals surface area (Å²) in [4.78, 5) is 13.3. The molecule has 98 valence electrons. The normalized spacial score (nSPS) is 33.8. The van der Waals surface area contributed by atoms with Gasteiger partial charge in [-0.2, -0.15) is 0 Å². The van der Waals surface area contributed by atoms with E-state index < -0.39 is 5.97 Å². The first-order valence-corrected chi connectivity index (χ1v) is 6.56. The number of carbonyl (C=O) groups is 1. The van der Waals surface area contributed by atoms with Gasteiger partial charge in [0.2, 0.25) is 0 Å². The third kappa shape index (κ3) is 2.80. The Labute approximate surface area is 103 Å². The van der Waals surface area contributed by atoms with E-state index in [1.165, 1.54) is 19.3 Å². The van der Waals surface area contributed by atoms with Crippen molar-refractivity contribution in [3.05, 3.63) is 0 Å². The lowest BCUT2D eigenvalue weighted by atomic mass is 9.85. The monoisotopic (exact) mass is 241 g/mol. The molecule has 0 aromatic rings. The first kappa shape index (κ1) is 12.8. The van der Waals surface area contributed by atoms with Crippen molar-refractivity contribution in [2.75, 3.05) is 19.8 Å². The molecule has 4 nitrogen and oxygen atoms in total. The number of nitrogens with zero attached hydrogens (tertiary/aromatic N) is 1. The number of carboxylic acid groups (broad SMARTS) is 1. The number of rotatable bonds is 3. The Morgan fingerprint density at radius 3 is 2.88 bits per heavy atom. The van der Waals surface area contributed by atoms with Gasteiger partial charge in [-0.15, -0.1) is 0 Å². The molecule has 2 aliphatic rings. The van der Waals surface area contributed by atoms with Crippen LogP contribution in [0.25, 0.3) is 0 Å². The van der Waals surface area contributed by atoms with Crippen LogP contribution in [-0.2, 0) is 9.53 Å². The molecule has 1 saturated heterocycles. The molecule has 1 heterocycles. The number of ether oxygens (including phenoxy) is 1. The van der Waals surface area contributed by atoms with E-state index in [0.717, 1.165) is 13.2 Å². The van der Waals surface area contributed by atoms with Crippen molar-refractivity contribution in [2.24, 2.45) is 5.41 Å². The van der Waals surface area contributed by atoms with Crippen LogP contribution in [0.4, 0.5) is 0 Å². The van der Waals surface area contributed by atoms with Crippen LogP contribution in [0.2, 0.25) is 0 Å². The third-order valence-corrected chi connectivity index (χ3v) is 4.28. The summed E-state index contributed by atoms with van der Waals surface area (Å²) < 4.78 is 5.44. The molecule has 4 heteroatoms. The van der Waals surface area contributed by atoms with Crippen LogP contribution in [-0.4, -0.2) is 47.8 Å². The second kappa shape index (κ2) is 4.94. The molecule has 1 aliphatic carbocycles. The Kier molecular flexibility index (Phi) is 3.73. The van der Waals surface area contributed by atoms with Gasteiger partial charge in [-0.05, 0) is 18.3 Å². The van der Waals surface area contributed by atoms with Gasteiger partial charge in [0.1, 0.15) is 0 Å². The number of aliphatic carboxylic acids is 1. The van der Waals surface area contributed by atoms with Crippen molar-refractivity contribution in [1.82, 2.24) is 4.90 Å². The van der Waals surface area contributed by atoms with Gasteiger partial charge in [0.05, 0.1) is 19.6 Å². The van der Waals surface area contributed by atoms with Crippen LogP contribution >= 0.6 is 0 Å². The number of carboxylic acids is 1. The smallest absolute Gasteiger partial charge is 0.305 e. The van der Waals surface area contributed by atoms with Crippen molar-refractivity contribution in [3.63, 3.8) is 0 Å². The number of hydrogen-bond acceptors (Lipinski definition) is 3. The Morgan fingerprint density at radius 1 is 1.53 bits per heavy atom. The molecule has 0 spiro atoms. The topological polar surface area (TPSA) is 49.8 Å². The van der Waals surface area contributed by atoms with Crippen molar-refractivity contribution >= 4 is 5.97 Å². The second-order valence-corrected chi connectivity index (χ2v) is 5.96. The Morgan fingerprint density at radius 2 is 2.29 bits per heavy atom. The van der Waals surface area contributed by atoms with Crippen molar-refractivity contribution in [1.29, 1.82) is 0 Å². The molecule has 0 amide bonds. The zero-order valence-electron chi connectivity index (χ0n) is 10.8. The molecule has 1 saturated carbocycles. The lowest BCUT2D eigenvalue weighted by molar-refractivity contribution is -0.141. The highest BCUT2D eigenvalue weighted by atomic mass is 16.5. The Balaban J connectivity index is 2.07. The van der Waals surface area contributed by atoms with E-state index >= 15 is 0 Å². The zero-order chi connectivity index (χ0) is 12.5. The van der Waals surface area contributed by atoms with E-state index in [4.69, 9.17) is 9.84 Å². The summed E-state index contributed by atoms with van der Waals surface area (Å²) in [7, 11) is 0. The minimum Gasteiger partial charge on any atom is -0.481 e. The second-order valence-electron chi connectivity index (χ2n) is 5.96. The van der Waals surface area contributed by atoms with Gasteiger partial charge < -0.3 is 9.84 Å². The van der Waals surface area contributed by atoms with Crippen LogP contribution < -0.4 is 0 Å². The molecule has 0 aromatic heterocycles. The standard InChI is InChI=1S/C13H23NO3/c1-13(2)5-3-4-11(13)14-6-7-17-9-10(14)8-12(15)16/h10-11H,3-9H2,1-2H3,(H,15,16). The van der Waals surface area contributed by atoms with Crippen molar-refractivity contribution in [3.8, 4) is 0 Å². The minimum atomic E-state index is -0.721. The highest BCUT2D eigenvalue weighted by molar-refractivity contribution is 5.67. The van der Waals surface area contributed by atoms with Crippen LogP contribution in [0, 0.1) is 5.41 Å². The van der Waals surface area contributed by atoms with Crippen LogP contribution in [0.1, 0.15) is 39.5 Å². The predicted molar refractivity (Wildman–Crippen MR) is 65.0 cm³/mol. The van der Waals surface area contributed by atoms with Crippen molar-refractivity contribution < 1.29 is 14.6 Å². The first-order chi connectivity index (χ1) is 8.00. The SMILES string of the molecule is CC1(C)CCCC1N1CCOCC1CC(=O)O. The maximum Gasteiger partial charge on any atom is 0.305 e. The average Bonchev–Trinajstić information content (AvgIpc) is 2.58. The number of hydrogen-bond donors (Lipinski definition) is 1. The summed E-state index contributed by atoms with van der Waals surface area (Å²) in [6.45, 7) is 6.80. The van der Waals surface area contributed by atoms with Crippen molar-refractivity contribution in [2.45, 2.75) is 51.6 Å². The van der Waals surface area contributed by atoms with Gasteiger partial charge in [0.25, 0.3) is 0 Å². The Hall–Kier alpha value is -0.610. The fourth-order valence-corrected chi connectivity index (χ4v) is 3.38. The third-order valence-electron chi connectivity index (χ3n) is 4.28. The minimum absolute atomic E-state index is 0.0589. The van der Waals surface area contributed by atoms with Crippen LogP contribution in [0.15, 0.2) is 0 Å². The van der Waals surface area contributed by atoms with Gasteiger partial charge in [0, 0.05) is 18.6 Å². The molecule has 2 fully saturated rings. The lowest BCUT2D eigenvalue weighted by Gasteiger charge is -2.44. The molecule has 0 radical (unpaired) electrons. The van der Waals surface area contributed by atoms with E-state index in [1.807, 2.05) is 0 Å². The molecule has 0 aromatic carbocycles. The average molecular weight is 241 g/mol. The molecule has 2 rings (SSSR count). The van der Waals surface area contributed by atoms with E-state index in [1.54, 1.807) is 0 Å². The molecule has 0 bridgehead atoms. The van der Waals surface area contributed by atoms with Gasteiger partial charge in [-0.25, -0.2) is 0 Å². The van der Waals surface area contributed by atoms with Gasteiger partial charge in [-0.1, -0.05) is 20.3 Å². The summed E-state index contributed by atoms with van der Waals surface area (Å²) in [5, 5.41) is 8.97. The van der Waals surface area contributed by atoms with Gasteiger partial charge in [0.15, 0.2) is 0 Å². The maximum atomic E-state index is 10.9. The zero-order valence-corrected chi connectivity index (χ0v) is 10.8. The summed E-state index contributed by atoms with van der Waals surface area (Å²) in [6, 6.07) is 0.583. The summed E-state index contributed by atoms with van der Waals surface area (Å²) in [5.74, 6) is -0.721. The fraction of sp³-hybridized carbons (Fsp3) is 0.923. The summed E-state index contributed by atoms with van der Waals surface area (Å²) in [6.07, 6.45) is 3.90. The quantitative estimate of drug-likeness (QED) is 0.817. The van der Waals surface area contributed by atoms with E-state index in [9.17, 15) is 4.79 Å². The highest BCUT2D eigenvalue weighted by Gasteiger charge is 2.42. The van der Waals surface area contributed by atoms with Crippen LogP contribution in [0.5, 0.6) is 0 Å². The Bertz CT molecular complexity index is 290. The number of morpholine rings is 1. The van der Waals surface area contributed by atoms with Crippen LogP contribution in [0.3, 0.4) is 0 Å². The molecular formula is C13H23NO3. The maximum absolute atomic E-state index is 10.9. The predicted octanol–water partition coefficient (Wildman–Crippen LogP) is 1.74. The van der Waals surface area contributed by atoms with E-state index in [0.29, 0.717) is 18.1 Å². The lowest BCUT2D eigenvalue weighted by Crippen LogP contribution is -2.54. The summed E-state index contributed by atoms with van der Waals surface area (Å²) >= 11 is 0. The van der Waals surface area contributed by atoms with E-state index in [-0.39, 0.29) is 12.5 Å². The first-order valence-electron chi connectivity index (χ1n) is 6.56. The van der Waals surface area contributed by atoms with E-state index in [2.05, 4.69) is 18.7 Å². The largest absolute Gasteiger partial charge is 0.481 e. The molecule has 2 atom stereocenters. The van der Waals surface area contributed by atoms with Gasteiger partial charge >= 0.3 is 5.97 Å². The molecule has 1 N–H and O–H groups in total. The molecule has 17 heavy (non-hydrogen) atoms. The molecule has 1 aliphatic heterocycles. The highest BCUT2D eigenvalue weighted by Crippen LogP contribution is 2.41. The van der Waals surface area contributed by atoms with Gasteiger partial charge in [-0.3, -0.25) is 9.69 Å². The molecular weight excluding hydrogens is 218 g/mol. The summed E-state index contributed by atoms with van der Waals surface area (Å²) in [5.41, 5.74) is 0.314.